The summed E-state index contributed by atoms with van der Waals surface area (Å²) < 4.78 is 17.0. The number of benzene rings is 2. The van der Waals surface area contributed by atoms with Gasteiger partial charge in [0.25, 0.3) is 5.91 Å². The third-order valence-corrected chi connectivity index (χ3v) is 7.91. The summed E-state index contributed by atoms with van der Waals surface area (Å²) in [4.78, 5) is 50.9. The average molecular weight is 712 g/mol. The molecule has 10 N–H and O–H groups in total. The molecule has 5 rings (SSSR count). The average Bonchev–Trinajstić information content (AvgIpc) is 3.79. The molecule has 2 aromatic carbocycles. The molecule has 0 bridgehead atoms. The van der Waals surface area contributed by atoms with Gasteiger partial charge in [-0.15, -0.1) is 0 Å². The highest BCUT2D eigenvalue weighted by atomic mass is 16.5. The maximum absolute atomic E-state index is 13.5. The molecule has 0 atom stereocenters. The second-order valence-corrected chi connectivity index (χ2v) is 11.4. The van der Waals surface area contributed by atoms with Crippen molar-refractivity contribution < 1.29 is 23.9 Å². The first-order chi connectivity index (χ1) is 24.9. The lowest BCUT2D eigenvalue weighted by atomic mass is 10.1. The van der Waals surface area contributed by atoms with Gasteiger partial charge in [0.15, 0.2) is 5.96 Å². The van der Waals surface area contributed by atoms with E-state index in [0.717, 1.165) is 0 Å². The summed E-state index contributed by atoms with van der Waals surface area (Å²) in [5.41, 5.74) is 25.5. The van der Waals surface area contributed by atoms with Gasteiger partial charge in [0.2, 0.25) is 23.7 Å². The monoisotopic (exact) mass is 711 g/mol. The largest absolute Gasteiger partial charge is 0.494 e. The number of methoxy groups -OCH3 is 1. The number of guanidine groups is 1. The van der Waals surface area contributed by atoms with Crippen LogP contribution in [0.15, 0.2) is 59.6 Å². The van der Waals surface area contributed by atoms with Gasteiger partial charge < -0.3 is 46.9 Å². The number of anilines is 2. The fraction of sp³-hybridized carbons (Fsp3) is 0.265. The third kappa shape index (κ3) is 7.80. The number of rotatable bonds is 16. The SMILES string of the molecule is CCn1nc(C)cc1C(=O)Nc1nc2cc(C(N)=O)cc(OC)c2n1C/C=C/Cn1c(NC)nc2cc(C(N)=O)cc(OC/C=C/CN=C(N)N)c21. The lowest BCUT2D eigenvalue weighted by Crippen LogP contribution is -2.22. The number of aliphatic imine (C=N–C) groups is 1. The van der Waals surface area contributed by atoms with E-state index < -0.39 is 17.7 Å². The van der Waals surface area contributed by atoms with Crippen molar-refractivity contribution in [3.8, 4) is 11.5 Å². The first-order valence-corrected chi connectivity index (χ1v) is 16.2. The van der Waals surface area contributed by atoms with E-state index in [1.54, 1.807) is 52.7 Å². The van der Waals surface area contributed by atoms with Crippen LogP contribution in [0.2, 0.25) is 0 Å². The molecule has 0 aliphatic heterocycles. The number of aryl methyl sites for hydroxylation is 2. The standard InChI is InChI=1S/C34H41N13O5/c1-5-47-24(14-19(2)44-47)31(50)43-34-42-22-15-20(29(35)48)17-25(51-4)27(22)46(34)12-8-7-11-45-28-23(41-33(45)39-3)16-21(30(36)49)18-26(28)52-13-9-6-10-40-32(37)38/h6-9,14-18H,5,10-13H2,1-4H3,(H2,35,48)(H2,36,49)(H,39,41)(H4,37,38,40)(H,42,43,50)/b8-7+,9-6+. The number of imidazole rings is 2. The van der Waals surface area contributed by atoms with Crippen LogP contribution < -0.4 is 43.0 Å². The van der Waals surface area contributed by atoms with Crippen LogP contribution >= 0.6 is 0 Å². The molecule has 0 saturated carbocycles. The molecular weight excluding hydrogens is 670 g/mol. The Bertz CT molecular complexity index is 2240. The van der Waals surface area contributed by atoms with E-state index in [4.69, 9.17) is 32.4 Å². The van der Waals surface area contributed by atoms with Crippen LogP contribution in [-0.4, -0.2) is 79.9 Å². The van der Waals surface area contributed by atoms with E-state index >= 15 is 0 Å². The molecule has 0 saturated heterocycles. The van der Waals surface area contributed by atoms with E-state index in [-0.39, 0.29) is 42.7 Å². The number of hydrogen-bond donors (Lipinski definition) is 6. The molecular formula is C34H41N13O5. The number of amides is 3. The van der Waals surface area contributed by atoms with Crippen molar-refractivity contribution in [2.75, 3.05) is 37.9 Å². The van der Waals surface area contributed by atoms with Crippen LogP contribution in [0.3, 0.4) is 0 Å². The number of primary amides is 2. The number of carbonyl (C=O) groups excluding carboxylic acids is 3. The first kappa shape index (κ1) is 36.4. The fourth-order valence-electron chi connectivity index (χ4n) is 5.59. The quantitative estimate of drug-likeness (QED) is 0.0489. The second kappa shape index (κ2) is 15.8. The number of aromatic nitrogens is 6. The number of nitrogens with zero attached hydrogens (tertiary/aromatic N) is 7. The maximum atomic E-state index is 13.5. The molecule has 0 spiro atoms. The molecule has 18 nitrogen and oxygen atoms in total. The Morgan fingerprint density at radius 2 is 1.44 bits per heavy atom. The number of allylic oxidation sites excluding steroid dienone is 2. The Morgan fingerprint density at radius 1 is 0.846 bits per heavy atom. The smallest absolute Gasteiger partial charge is 0.276 e. The molecule has 52 heavy (non-hydrogen) atoms. The van der Waals surface area contributed by atoms with E-state index in [1.807, 2.05) is 30.6 Å². The number of nitrogens with two attached hydrogens (primary N) is 4. The molecule has 3 heterocycles. The van der Waals surface area contributed by atoms with Crippen LogP contribution in [0.4, 0.5) is 11.9 Å². The zero-order valence-electron chi connectivity index (χ0n) is 29.2. The van der Waals surface area contributed by atoms with Gasteiger partial charge in [-0.05, 0) is 50.3 Å². The summed E-state index contributed by atoms with van der Waals surface area (Å²) in [6.45, 7) is 5.20. The van der Waals surface area contributed by atoms with Gasteiger partial charge in [-0.1, -0.05) is 18.2 Å². The molecule has 0 unspecified atom stereocenters. The van der Waals surface area contributed by atoms with Crippen LogP contribution in [0, 0.1) is 6.92 Å². The molecule has 0 aliphatic carbocycles. The molecule has 5 aromatic rings. The summed E-state index contributed by atoms with van der Waals surface area (Å²) in [5, 5.41) is 10.4. The normalized spacial score (nSPS) is 11.5. The minimum atomic E-state index is -0.649. The van der Waals surface area contributed by atoms with Crippen molar-refractivity contribution in [3.63, 3.8) is 0 Å². The highest BCUT2D eigenvalue weighted by Crippen LogP contribution is 2.32. The summed E-state index contributed by atoms with van der Waals surface area (Å²) >= 11 is 0. The number of carbonyl (C=O) groups is 3. The lowest BCUT2D eigenvalue weighted by Gasteiger charge is -2.12. The Balaban J connectivity index is 1.49. The molecule has 0 radical (unpaired) electrons. The third-order valence-electron chi connectivity index (χ3n) is 7.91. The minimum absolute atomic E-state index is 0.0215. The number of nitrogens with one attached hydrogen (secondary N) is 2. The lowest BCUT2D eigenvalue weighted by molar-refractivity contribution is 0.0991. The van der Waals surface area contributed by atoms with Gasteiger partial charge in [-0.2, -0.15) is 5.10 Å². The number of hydrogen-bond acceptors (Lipinski definition) is 10. The van der Waals surface area contributed by atoms with Gasteiger partial charge in [-0.3, -0.25) is 24.4 Å². The van der Waals surface area contributed by atoms with Crippen molar-refractivity contribution in [1.82, 2.24) is 28.9 Å². The number of ether oxygens (including phenoxy) is 2. The van der Waals surface area contributed by atoms with Crippen LogP contribution in [-0.2, 0) is 19.6 Å². The van der Waals surface area contributed by atoms with Gasteiger partial charge >= 0.3 is 0 Å². The molecule has 272 valence electrons. The number of fused-ring (bicyclic) bond motifs is 2. The van der Waals surface area contributed by atoms with Gasteiger partial charge in [0.1, 0.15) is 34.8 Å². The van der Waals surface area contributed by atoms with E-state index in [2.05, 4.69) is 30.7 Å². The highest BCUT2D eigenvalue weighted by molar-refractivity contribution is 6.04. The molecule has 3 amide bonds. The van der Waals surface area contributed by atoms with Gasteiger partial charge in [0, 0.05) is 37.8 Å². The van der Waals surface area contributed by atoms with E-state index in [9.17, 15) is 14.4 Å². The summed E-state index contributed by atoms with van der Waals surface area (Å²) in [6, 6.07) is 7.94. The molecule has 3 aromatic heterocycles. The second-order valence-electron chi connectivity index (χ2n) is 11.4. The van der Waals surface area contributed by atoms with Gasteiger partial charge in [0.05, 0.1) is 30.4 Å². The summed E-state index contributed by atoms with van der Waals surface area (Å²) in [5.74, 6) is -0.234. The van der Waals surface area contributed by atoms with E-state index in [0.29, 0.717) is 64.0 Å². The van der Waals surface area contributed by atoms with Crippen molar-refractivity contribution in [2.45, 2.75) is 33.5 Å². The zero-order valence-corrected chi connectivity index (χ0v) is 29.2. The van der Waals surface area contributed by atoms with E-state index in [1.165, 1.54) is 13.2 Å². The van der Waals surface area contributed by atoms with Crippen molar-refractivity contribution >= 4 is 57.6 Å². The minimum Gasteiger partial charge on any atom is -0.494 e. The molecule has 18 heteroatoms. The van der Waals surface area contributed by atoms with Crippen molar-refractivity contribution in [1.29, 1.82) is 0 Å². The predicted molar refractivity (Wildman–Crippen MR) is 198 cm³/mol. The van der Waals surface area contributed by atoms with Crippen molar-refractivity contribution in [2.24, 2.45) is 27.9 Å². The molecule has 0 aliphatic rings. The first-order valence-electron chi connectivity index (χ1n) is 16.2. The fourth-order valence-corrected chi connectivity index (χ4v) is 5.59. The Hall–Kier alpha value is -6.85. The van der Waals surface area contributed by atoms with Crippen LogP contribution in [0.5, 0.6) is 11.5 Å². The van der Waals surface area contributed by atoms with Crippen LogP contribution in [0.25, 0.3) is 22.1 Å². The molecule has 0 fully saturated rings. The topological polar surface area (TPSA) is 264 Å². The zero-order chi connectivity index (χ0) is 37.5. The van der Waals surface area contributed by atoms with Gasteiger partial charge in [-0.25, -0.2) is 15.0 Å². The summed E-state index contributed by atoms with van der Waals surface area (Å²) in [7, 11) is 3.20. The van der Waals surface area contributed by atoms with Crippen LogP contribution in [0.1, 0.15) is 43.8 Å². The highest BCUT2D eigenvalue weighted by Gasteiger charge is 2.22. The predicted octanol–water partition coefficient (Wildman–Crippen LogP) is 1.88. The van der Waals surface area contributed by atoms with Crippen molar-refractivity contribution in [3.05, 3.63) is 77.2 Å². The Labute approximate surface area is 298 Å². The maximum Gasteiger partial charge on any atom is 0.276 e. The summed E-state index contributed by atoms with van der Waals surface area (Å²) in [6.07, 6.45) is 7.28. The Morgan fingerprint density at radius 3 is 2.02 bits per heavy atom. The Kier molecular flexibility index (Phi) is 11.1.